The summed E-state index contributed by atoms with van der Waals surface area (Å²) in [7, 11) is 0. The number of rotatable bonds is 2. The average molecular weight is 291 g/mol. The number of hydrogen-bond acceptors (Lipinski definition) is 5. The third-order valence-corrected chi connectivity index (χ3v) is 4.18. The summed E-state index contributed by atoms with van der Waals surface area (Å²) in [5.41, 5.74) is 2.24. The van der Waals surface area contributed by atoms with Gasteiger partial charge in [-0.25, -0.2) is 14.6 Å². The normalized spacial score (nSPS) is 19.3. The lowest BCUT2D eigenvalue weighted by Crippen LogP contribution is -2.41. The van der Waals surface area contributed by atoms with Gasteiger partial charge in [-0.1, -0.05) is 0 Å². The fraction of sp³-hybridized carbons (Fsp3) is 0.538. The maximum absolute atomic E-state index is 12.4. The van der Waals surface area contributed by atoms with Gasteiger partial charge in [-0.15, -0.1) is 11.3 Å². The highest BCUT2D eigenvalue weighted by Gasteiger charge is 2.27. The van der Waals surface area contributed by atoms with Crippen LogP contribution in [0, 0.1) is 13.8 Å². The molecular weight excluding hydrogens is 274 g/mol. The Morgan fingerprint density at radius 3 is 2.95 bits per heavy atom. The molecule has 2 aromatic heterocycles. The Bertz CT molecular complexity index is 606. The fourth-order valence-electron chi connectivity index (χ4n) is 2.70. The number of carbonyl (C=O) groups is 1. The lowest BCUT2D eigenvalue weighted by atomic mass is 10.1. The summed E-state index contributed by atoms with van der Waals surface area (Å²) in [6.45, 7) is 5.32. The van der Waals surface area contributed by atoms with Crippen molar-refractivity contribution in [2.75, 3.05) is 13.1 Å². The van der Waals surface area contributed by atoms with Gasteiger partial charge in [0.15, 0.2) is 0 Å². The number of thiazole rings is 1. The van der Waals surface area contributed by atoms with Crippen LogP contribution >= 0.6 is 11.3 Å². The molecule has 20 heavy (non-hydrogen) atoms. The highest BCUT2D eigenvalue weighted by atomic mass is 32.1. The summed E-state index contributed by atoms with van der Waals surface area (Å²) in [5.74, 6) is 1.71. The first kappa shape index (κ1) is 13.2. The lowest BCUT2D eigenvalue weighted by molar-refractivity contribution is 0.0666. The molecule has 0 saturated carbocycles. The second-order valence-electron chi connectivity index (χ2n) is 5.07. The molecule has 1 atom stereocenters. The molecule has 0 aromatic carbocycles. The molecule has 1 aliphatic rings. The van der Waals surface area contributed by atoms with E-state index in [1.165, 1.54) is 11.3 Å². The van der Waals surface area contributed by atoms with E-state index in [1.54, 1.807) is 10.9 Å². The van der Waals surface area contributed by atoms with E-state index in [4.69, 9.17) is 0 Å². The van der Waals surface area contributed by atoms with Gasteiger partial charge < -0.3 is 4.90 Å². The van der Waals surface area contributed by atoms with Crippen LogP contribution in [0.1, 0.15) is 41.0 Å². The molecule has 0 unspecified atom stereocenters. The smallest absolute Gasteiger partial charge is 0.273 e. The van der Waals surface area contributed by atoms with Gasteiger partial charge in [0, 0.05) is 18.5 Å². The first-order chi connectivity index (χ1) is 9.65. The van der Waals surface area contributed by atoms with E-state index in [-0.39, 0.29) is 11.9 Å². The van der Waals surface area contributed by atoms with Crippen molar-refractivity contribution in [2.45, 2.75) is 32.7 Å². The first-order valence-corrected chi connectivity index (χ1v) is 7.66. The zero-order valence-electron chi connectivity index (χ0n) is 11.6. The number of aryl methyl sites for hydroxylation is 2. The largest absolute Gasteiger partial charge is 0.335 e. The van der Waals surface area contributed by atoms with Gasteiger partial charge in [0.05, 0.1) is 11.6 Å². The van der Waals surface area contributed by atoms with Crippen molar-refractivity contribution in [2.24, 2.45) is 0 Å². The maximum atomic E-state index is 12.4. The molecule has 106 valence electrons. The Labute approximate surface area is 121 Å². The molecule has 1 fully saturated rings. The molecule has 6 nitrogen and oxygen atoms in total. The lowest BCUT2D eigenvalue weighted by Gasteiger charge is -2.32. The molecule has 1 saturated heterocycles. The average Bonchev–Trinajstić information content (AvgIpc) is 3.08. The van der Waals surface area contributed by atoms with Crippen molar-refractivity contribution >= 4 is 17.2 Å². The van der Waals surface area contributed by atoms with Crippen molar-refractivity contribution in [3.63, 3.8) is 0 Å². The summed E-state index contributed by atoms with van der Waals surface area (Å²) in [5, 5.41) is 6.25. The topological polar surface area (TPSA) is 63.9 Å². The maximum Gasteiger partial charge on any atom is 0.273 e. The minimum atomic E-state index is 0.0189. The fourth-order valence-corrected chi connectivity index (χ4v) is 3.23. The van der Waals surface area contributed by atoms with E-state index < -0.39 is 0 Å². The Morgan fingerprint density at radius 1 is 1.45 bits per heavy atom. The third-order valence-electron chi connectivity index (χ3n) is 3.59. The molecule has 3 rings (SSSR count). The predicted molar refractivity (Wildman–Crippen MR) is 75.8 cm³/mol. The summed E-state index contributed by atoms with van der Waals surface area (Å²) >= 11 is 1.45. The van der Waals surface area contributed by atoms with Crippen molar-refractivity contribution in [3.8, 4) is 0 Å². The summed E-state index contributed by atoms with van der Waals surface area (Å²) in [4.78, 5) is 22.7. The van der Waals surface area contributed by atoms with Crippen LogP contribution in [0.5, 0.6) is 0 Å². The summed E-state index contributed by atoms with van der Waals surface area (Å²) < 4.78 is 1.95. The Morgan fingerprint density at radius 2 is 2.30 bits per heavy atom. The first-order valence-electron chi connectivity index (χ1n) is 6.72. The predicted octanol–water partition coefficient (Wildman–Crippen LogP) is 1.83. The highest BCUT2D eigenvalue weighted by molar-refractivity contribution is 7.07. The molecule has 0 N–H and O–H groups in total. The molecular formula is C13H17N5OS. The van der Waals surface area contributed by atoms with E-state index in [0.717, 1.165) is 31.0 Å². The zero-order valence-corrected chi connectivity index (χ0v) is 12.4. The number of nitrogens with zero attached hydrogens (tertiary/aromatic N) is 5. The van der Waals surface area contributed by atoms with Crippen LogP contribution < -0.4 is 0 Å². The second-order valence-corrected chi connectivity index (χ2v) is 5.79. The molecule has 0 aliphatic carbocycles. The van der Waals surface area contributed by atoms with Crippen LogP contribution in [0.4, 0.5) is 0 Å². The number of piperidine rings is 1. The second kappa shape index (κ2) is 5.32. The van der Waals surface area contributed by atoms with E-state index in [2.05, 4.69) is 15.1 Å². The van der Waals surface area contributed by atoms with Crippen molar-refractivity contribution in [1.29, 1.82) is 0 Å². The number of amides is 1. The van der Waals surface area contributed by atoms with Gasteiger partial charge in [0.2, 0.25) is 0 Å². The van der Waals surface area contributed by atoms with Crippen molar-refractivity contribution < 1.29 is 4.79 Å². The quantitative estimate of drug-likeness (QED) is 0.847. The Kier molecular flexibility index (Phi) is 3.52. The van der Waals surface area contributed by atoms with E-state index >= 15 is 0 Å². The molecule has 0 spiro atoms. The van der Waals surface area contributed by atoms with Gasteiger partial charge in [0.1, 0.15) is 17.3 Å². The number of hydrogen-bond donors (Lipinski definition) is 0. The zero-order chi connectivity index (χ0) is 14.1. The van der Waals surface area contributed by atoms with E-state index in [1.807, 2.05) is 23.4 Å². The number of likely N-dealkylation sites (tertiary alicyclic amines) is 1. The van der Waals surface area contributed by atoms with Crippen LogP contribution in [-0.4, -0.2) is 43.6 Å². The van der Waals surface area contributed by atoms with Crippen molar-refractivity contribution in [1.82, 2.24) is 24.6 Å². The highest BCUT2D eigenvalue weighted by Crippen LogP contribution is 2.23. The van der Waals surface area contributed by atoms with Crippen LogP contribution in [0.2, 0.25) is 0 Å². The van der Waals surface area contributed by atoms with Gasteiger partial charge in [-0.3, -0.25) is 4.79 Å². The van der Waals surface area contributed by atoms with Gasteiger partial charge in [-0.05, 0) is 26.7 Å². The minimum absolute atomic E-state index is 0.0189. The molecule has 1 amide bonds. The molecule has 2 aromatic rings. The molecule has 0 radical (unpaired) electrons. The van der Waals surface area contributed by atoms with Gasteiger partial charge in [0.25, 0.3) is 5.91 Å². The Balaban J connectivity index is 1.77. The monoisotopic (exact) mass is 291 g/mol. The molecule has 3 heterocycles. The minimum Gasteiger partial charge on any atom is -0.335 e. The van der Waals surface area contributed by atoms with Gasteiger partial charge in [-0.2, -0.15) is 5.10 Å². The summed E-state index contributed by atoms with van der Waals surface area (Å²) in [6, 6.07) is 0.215. The molecule has 7 heteroatoms. The van der Waals surface area contributed by atoms with E-state index in [0.29, 0.717) is 12.2 Å². The van der Waals surface area contributed by atoms with Crippen LogP contribution in [-0.2, 0) is 0 Å². The van der Waals surface area contributed by atoms with E-state index in [9.17, 15) is 4.79 Å². The summed E-state index contributed by atoms with van der Waals surface area (Å²) in [6.07, 6.45) is 2.02. The SMILES string of the molecule is Cc1nc(C)n([C@@H]2CCCN(C(=O)c3cscn3)C2)n1. The van der Waals surface area contributed by atoms with Crippen LogP contribution in [0.25, 0.3) is 0 Å². The van der Waals surface area contributed by atoms with Crippen LogP contribution in [0.15, 0.2) is 10.9 Å². The number of carbonyl (C=O) groups excluding carboxylic acids is 1. The Hall–Kier alpha value is -1.76. The van der Waals surface area contributed by atoms with Crippen LogP contribution in [0.3, 0.4) is 0 Å². The molecule has 0 bridgehead atoms. The van der Waals surface area contributed by atoms with Crippen molar-refractivity contribution in [3.05, 3.63) is 28.2 Å². The number of aromatic nitrogens is 4. The third kappa shape index (κ3) is 2.45. The standard InChI is InChI=1S/C13H17N5OS/c1-9-15-10(2)18(16-9)11-4-3-5-17(6-11)13(19)12-7-20-8-14-12/h7-8,11H,3-6H2,1-2H3/t11-/m1/s1. The van der Waals surface area contributed by atoms with Gasteiger partial charge >= 0.3 is 0 Å². The molecule has 1 aliphatic heterocycles.